The van der Waals surface area contributed by atoms with Gasteiger partial charge in [-0.15, -0.1) is 0 Å². The molecule has 3 N–H and O–H groups in total. The van der Waals surface area contributed by atoms with Crippen LogP contribution in [0.3, 0.4) is 0 Å². The molecule has 0 bridgehead atoms. The van der Waals surface area contributed by atoms with Crippen molar-refractivity contribution in [2.75, 3.05) is 42.1 Å². The van der Waals surface area contributed by atoms with Crippen LogP contribution in [0.5, 0.6) is 0 Å². The topological polar surface area (TPSA) is 61.6 Å². The fourth-order valence-electron chi connectivity index (χ4n) is 4.34. The fourth-order valence-corrected chi connectivity index (χ4v) is 4.34. The molecule has 0 unspecified atom stereocenters. The number of anilines is 3. The van der Waals surface area contributed by atoms with E-state index in [-0.39, 0.29) is 13.3 Å². The number of carbonyl (C=O) groups is 1. The van der Waals surface area contributed by atoms with Crippen LogP contribution in [0.25, 0.3) is 0 Å². The van der Waals surface area contributed by atoms with E-state index in [1.165, 1.54) is 51.0 Å². The minimum atomic E-state index is -0.133. The maximum Gasteiger partial charge on any atom is 0.255 e. The van der Waals surface area contributed by atoms with Crippen LogP contribution in [0.1, 0.15) is 50.4 Å². The molecular formula is C25H36N4O. The van der Waals surface area contributed by atoms with E-state index in [1.807, 2.05) is 30.3 Å². The molecule has 4 rings (SSSR count). The highest BCUT2D eigenvalue weighted by atomic mass is 16.1. The number of nitrogen functional groups attached to an aromatic ring is 1. The second-order valence-corrected chi connectivity index (χ2v) is 8.35. The summed E-state index contributed by atoms with van der Waals surface area (Å²) in [7, 11) is 0. The average molecular weight is 409 g/mol. The van der Waals surface area contributed by atoms with Gasteiger partial charge in [-0.05, 0) is 74.9 Å². The zero-order chi connectivity index (χ0) is 20.2. The monoisotopic (exact) mass is 408 g/mol. The second kappa shape index (κ2) is 9.98. The van der Waals surface area contributed by atoms with Gasteiger partial charge in [0.05, 0.1) is 11.4 Å². The van der Waals surface area contributed by atoms with Gasteiger partial charge >= 0.3 is 0 Å². The molecule has 1 heterocycles. The molecule has 0 spiro atoms. The number of hydrogen-bond donors (Lipinski definition) is 2. The molecule has 1 aliphatic carbocycles. The van der Waals surface area contributed by atoms with Crippen LogP contribution in [0, 0.1) is 5.92 Å². The molecule has 1 amide bonds. The number of nitrogens with one attached hydrogen (secondary N) is 1. The molecule has 1 saturated carbocycles. The summed E-state index contributed by atoms with van der Waals surface area (Å²) < 4.78 is 0. The van der Waals surface area contributed by atoms with Crippen molar-refractivity contribution in [2.45, 2.75) is 46.1 Å². The number of nitrogens with two attached hydrogens (primary N) is 1. The Labute approximate surface area is 181 Å². The standard InChI is InChI=1S/C24H32N4O.CH4/c1-2-28(21-13-15-27(16-14-21)17-18-7-8-18)20-11-9-19(10-12-20)24(29)26-23-6-4-3-5-22(23)25;/h3-6,9-12,18,21H,2,7-8,13-17,25H2,1H3,(H,26,29);1H4. The van der Waals surface area contributed by atoms with Crippen molar-refractivity contribution < 1.29 is 4.79 Å². The second-order valence-electron chi connectivity index (χ2n) is 8.35. The lowest BCUT2D eigenvalue weighted by atomic mass is 10.0. The van der Waals surface area contributed by atoms with Crippen molar-refractivity contribution in [3.8, 4) is 0 Å². The van der Waals surface area contributed by atoms with Crippen molar-refractivity contribution in [3.63, 3.8) is 0 Å². The number of rotatable bonds is 7. The van der Waals surface area contributed by atoms with E-state index >= 15 is 0 Å². The maximum absolute atomic E-state index is 12.6. The zero-order valence-electron chi connectivity index (χ0n) is 17.3. The van der Waals surface area contributed by atoms with E-state index in [9.17, 15) is 4.79 Å². The number of likely N-dealkylation sites (tertiary alicyclic amines) is 1. The number of piperidine rings is 1. The molecule has 0 aromatic heterocycles. The van der Waals surface area contributed by atoms with Gasteiger partial charge < -0.3 is 20.9 Å². The van der Waals surface area contributed by atoms with Crippen molar-refractivity contribution in [3.05, 3.63) is 54.1 Å². The Bertz CT molecular complexity index is 823. The average Bonchev–Trinajstić information content (AvgIpc) is 3.56. The molecule has 5 nitrogen and oxygen atoms in total. The number of amides is 1. The predicted molar refractivity (Wildman–Crippen MR) is 127 cm³/mol. The summed E-state index contributed by atoms with van der Waals surface area (Å²) in [6, 6.07) is 15.9. The van der Waals surface area contributed by atoms with Crippen LogP contribution in [-0.2, 0) is 0 Å². The third kappa shape index (κ3) is 5.33. The highest BCUT2D eigenvalue weighted by Gasteiger charge is 2.28. The summed E-state index contributed by atoms with van der Waals surface area (Å²) in [5.74, 6) is 0.838. The Morgan fingerprint density at radius 2 is 1.73 bits per heavy atom. The molecule has 1 saturated heterocycles. The van der Waals surface area contributed by atoms with Gasteiger partial charge in [-0.1, -0.05) is 19.6 Å². The smallest absolute Gasteiger partial charge is 0.255 e. The van der Waals surface area contributed by atoms with Crippen LogP contribution >= 0.6 is 0 Å². The van der Waals surface area contributed by atoms with E-state index in [2.05, 4.69) is 34.2 Å². The first-order valence-corrected chi connectivity index (χ1v) is 10.9. The molecule has 0 atom stereocenters. The zero-order valence-corrected chi connectivity index (χ0v) is 17.3. The molecule has 5 heteroatoms. The molecule has 2 aromatic rings. The third-order valence-corrected chi connectivity index (χ3v) is 6.22. The largest absolute Gasteiger partial charge is 0.397 e. The molecule has 2 aromatic carbocycles. The van der Waals surface area contributed by atoms with Gasteiger partial charge in [-0.25, -0.2) is 0 Å². The van der Waals surface area contributed by atoms with Crippen molar-refractivity contribution in [2.24, 2.45) is 5.92 Å². The van der Waals surface area contributed by atoms with Gasteiger partial charge in [0, 0.05) is 43.5 Å². The quantitative estimate of drug-likeness (QED) is 0.643. The van der Waals surface area contributed by atoms with Crippen LogP contribution in [0.2, 0.25) is 0 Å². The van der Waals surface area contributed by atoms with E-state index < -0.39 is 0 Å². The molecular weight excluding hydrogens is 372 g/mol. The number of nitrogens with zero attached hydrogens (tertiary/aromatic N) is 2. The van der Waals surface area contributed by atoms with Crippen molar-refractivity contribution in [1.82, 2.24) is 4.90 Å². The first kappa shape index (κ1) is 22.2. The molecule has 0 radical (unpaired) electrons. The van der Waals surface area contributed by atoms with Gasteiger partial charge in [0.25, 0.3) is 5.91 Å². The summed E-state index contributed by atoms with van der Waals surface area (Å²) in [6.45, 7) is 6.91. The fraction of sp³-hybridized carbons (Fsp3) is 0.480. The van der Waals surface area contributed by atoms with Gasteiger partial charge in [0.2, 0.25) is 0 Å². The minimum absolute atomic E-state index is 0. The highest BCUT2D eigenvalue weighted by Crippen LogP contribution is 2.31. The summed E-state index contributed by atoms with van der Waals surface area (Å²) in [6.07, 6.45) is 5.29. The summed E-state index contributed by atoms with van der Waals surface area (Å²) in [5.41, 5.74) is 8.99. The number of hydrogen-bond acceptors (Lipinski definition) is 4. The number of benzene rings is 2. The SMILES string of the molecule is C.CCN(c1ccc(C(=O)Nc2ccccc2N)cc1)C1CCN(CC2CC2)CC1. The van der Waals surface area contributed by atoms with Gasteiger partial charge in [0.1, 0.15) is 0 Å². The summed E-state index contributed by atoms with van der Waals surface area (Å²) >= 11 is 0. The highest BCUT2D eigenvalue weighted by molar-refractivity contribution is 6.05. The van der Waals surface area contributed by atoms with Crippen LogP contribution in [0.15, 0.2) is 48.5 Å². The predicted octanol–water partition coefficient (Wildman–Crippen LogP) is 4.86. The van der Waals surface area contributed by atoms with E-state index in [0.717, 1.165) is 12.5 Å². The minimum Gasteiger partial charge on any atom is -0.397 e. The Morgan fingerprint density at radius 3 is 2.33 bits per heavy atom. The lowest BCUT2D eigenvalue weighted by Gasteiger charge is -2.39. The van der Waals surface area contributed by atoms with Gasteiger partial charge in [-0.2, -0.15) is 0 Å². The molecule has 2 aliphatic rings. The number of para-hydroxylation sites is 2. The normalized spacial score (nSPS) is 17.2. The van der Waals surface area contributed by atoms with E-state index in [1.54, 1.807) is 6.07 Å². The van der Waals surface area contributed by atoms with Crippen LogP contribution in [-0.4, -0.2) is 43.0 Å². The Kier molecular flexibility index (Phi) is 7.38. The van der Waals surface area contributed by atoms with Crippen LogP contribution < -0.4 is 16.0 Å². The molecule has 162 valence electrons. The summed E-state index contributed by atoms with van der Waals surface area (Å²) in [5, 5.41) is 2.89. The van der Waals surface area contributed by atoms with Crippen molar-refractivity contribution >= 4 is 23.0 Å². The van der Waals surface area contributed by atoms with Gasteiger partial charge in [0.15, 0.2) is 0 Å². The first-order valence-electron chi connectivity index (χ1n) is 10.9. The Balaban J connectivity index is 0.00000256. The molecule has 2 fully saturated rings. The maximum atomic E-state index is 12.6. The third-order valence-electron chi connectivity index (χ3n) is 6.22. The van der Waals surface area contributed by atoms with E-state index in [0.29, 0.717) is 23.0 Å². The molecule has 1 aliphatic heterocycles. The Hall–Kier alpha value is -2.53. The summed E-state index contributed by atoms with van der Waals surface area (Å²) in [4.78, 5) is 17.7. The van der Waals surface area contributed by atoms with E-state index in [4.69, 9.17) is 5.73 Å². The van der Waals surface area contributed by atoms with Gasteiger partial charge in [-0.3, -0.25) is 4.79 Å². The first-order chi connectivity index (χ1) is 14.1. The molecule has 30 heavy (non-hydrogen) atoms. The lowest BCUT2D eigenvalue weighted by Crippen LogP contribution is -2.45. The lowest BCUT2D eigenvalue weighted by molar-refractivity contribution is 0.102. The van der Waals surface area contributed by atoms with Crippen LogP contribution in [0.4, 0.5) is 17.1 Å². The number of carbonyl (C=O) groups excluding carboxylic acids is 1. The van der Waals surface area contributed by atoms with Crippen molar-refractivity contribution in [1.29, 1.82) is 0 Å². The Morgan fingerprint density at radius 1 is 1.07 bits per heavy atom.